The second-order valence-electron chi connectivity index (χ2n) is 8.52. The molecular formula is C24H29Cl2FN2O6S. The molecule has 0 saturated carbocycles. The molecule has 1 aromatic carbocycles. The molecule has 0 aliphatic carbocycles. The van der Waals surface area contributed by atoms with E-state index < -0.39 is 16.5 Å². The van der Waals surface area contributed by atoms with Gasteiger partial charge in [-0.1, -0.05) is 34.9 Å². The highest BCUT2D eigenvalue weighted by molar-refractivity contribution is 7.99. The lowest BCUT2D eigenvalue weighted by molar-refractivity contribution is -0.143. The number of hydrogen-bond acceptors (Lipinski definition) is 8. The monoisotopic (exact) mass is 562 g/mol. The number of halogens is 3. The van der Waals surface area contributed by atoms with Gasteiger partial charge in [-0.15, -0.1) is 11.8 Å². The van der Waals surface area contributed by atoms with E-state index in [0.717, 1.165) is 30.3 Å². The first-order valence-corrected chi connectivity index (χ1v) is 13.3. The molecule has 2 aliphatic heterocycles. The number of alkyl halides is 3. The van der Waals surface area contributed by atoms with Gasteiger partial charge in [-0.05, 0) is 32.3 Å². The van der Waals surface area contributed by atoms with E-state index in [4.69, 9.17) is 37.4 Å². The molecule has 0 spiro atoms. The zero-order valence-corrected chi connectivity index (χ0v) is 22.7. The molecule has 1 saturated heterocycles. The van der Waals surface area contributed by atoms with Crippen molar-refractivity contribution in [3.63, 3.8) is 0 Å². The molecule has 36 heavy (non-hydrogen) atoms. The average molecular weight is 563 g/mol. The number of rotatable bonds is 11. The number of allylic oxidation sites excluding steroid dienone is 2. The van der Waals surface area contributed by atoms with Crippen molar-refractivity contribution in [2.45, 2.75) is 44.3 Å². The van der Waals surface area contributed by atoms with Gasteiger partial charge in [0.25, 0.3) is 5.91 Å². The van der Waals surface area contributed by atoms with Crippen LogP contribution in [0.5, 0.6) is 5.75 Å². The fourth-order valence-electron chi connectivity index (χ4n) is 4.04. The van der Waals surface area contributed by atoms with Gasteiger partial charge in [0.15, 0.2) is 0 Å². The Bertz CT molecular complexity index is 1050. The number of nitrogens with zero attached hydrogens (tertiary/aromatic N) is 1. The first kappa shape index (κ1) is 28.6. The number of fused-ring (bicyclic) bond motifs is 1. The number of carbonyl (C=O) groups excluding carboxylic acids is 3. The molecule has 8 nitrogen and oxygen atoms in total. The van der Waals surface area contributed by atoms with Crippen molar-refractivity contribution >= 4 is 58.5 Å². The lowest BCUT2D eigenvalue weighted by Crippen LogP contribution is -2.29. The van der Waals surface area contributed by atoms with Crippen molar-refractivity contribution in [1.82, 2.24) is 4.90 Å². The number of benzene rings is 1. The van der Waals surface area contributed by atoms with Crippen LogP contribution in [0.4, 0.5) is 10.1 Å². The smallest absolute Gasteiger partial charge is 0.341 e. The molecule has 0 atom stereocenters. The Balaban J connectivity index is 1.74. The van der Waals surface area contributed by atoms with Crippen molar-refractivity contribution in [3.8, 4) is 5.75 Å². The van der Waals surface area contributed by atoms with E-state index in [1.165, 1.54) is 7.11 Å². The van der Waals surface area contributed by atoms with Gasteiger partial charge in [-0.2, -0.15) is 4.39 Å². The summed E-state index contributed by atoms with van der Waals surface area (Å²) in [5.41, 5.74) is 2.66. The van der Waals surface area contributed by atoms with Gasteiger partial charge in [0.1, 0.15) is 19.0 Å². The van der Waals surface area contributed by atoms with E-state index in [9.17, 15) is 18.8 Å². The van der Waals surface area contributed by atoms with Gasteiger partial charge in [0, 0.05) is 42.3 Å². The molecule has 1 fully saturated rings. The first-order chi connectivity index (χ1) is 17.0. The lowest BCUT2D eigenvalue weighted by atomic mass is 9.93. The van der Waals surface area contributed by atoms with Gasteiger partial charge < -0.3 is 19.5 Å². The molecule has 0 bridgehead atoms. The topological polar surface area (TPSA) is 94.2 Å². The van der Waals surface area contributed by atoms with E-state index in [1.807, 2.05) is 24.8 Å². The largest absolute Gasteiger partial charge is 0.496 e. The highest BCUT2D eigenvalue weighted by Crippen LogP contribution is 2.42. The van der Waals surface area contributed by atoms with Gasteiger partial charge in [-0.25, -0.2) is 4.79 Å². The van der Waals surface area contributed by atoms with Crippen molar-refractivity contribution < 1.29 is 33.0 Å². The van der Waals surface area contributed by atoms with Crippen molar-refractivity contribution in [2.24, 2.45) is 0 Å². The second kappa shape index (κ2) is 12.5. The van der Waals surface area contributed by atoms with Crippen LogP contribution >= 0.6 is 35.0 Å². The summed E-state index contributed by atoms with van der Waals surface area (Å²) < 4.78 is 26.7. The number of nitrogens with one attached hydrogen (secondary N) is 1. The van der Waals surface area contributed by atoms with E-state index in [0.29, 0.717) is 35.5 Å². The maximum atomic E-state index is 13.9. The van der Waals surface area contributed by atoms with Crippen LogP contribution in [0.25, 0.3) is 0 Å². The maximum absolute atomic E-state index is 13.9. The Kier molecular flexibility index (Phi) is 9.91. The number of esters is 2. The molecule has 0 radical (unpaired) electrons. The molecular weight excluding hydrogens is 534 g/mol. The Morgan fingerprint density at radius 2 is 2.08 bits per heavy atom. The summed E-state index contributed by atoms with van der Waals surface area (Å²) in [6.45, 7) is 5.73. The Labute approximate surface area is 223 Å². The Hall–Kier alpha value is -2.01. The summed E-state index contributed by atoms with van der Waals surface area (Å²) in [4.78, 5) is 39.1. The quantitative estimate of drug-likeness (QED) is 0.239. The van der Waals surface area contributed by atoms with E-state index >= 15 is 0 Å². The third-order valence-corrected chi connectivity index (χ3v) is 7.41. The molecule has 0 unspecified atom stereocenters. The predicted octanol–water partition coefficient (Wildman–Crippen LogP) is 4.53. The predicted molar refractivity (Wildman–Crippen MR) is 138 cm³/mol. The second-order valence-corrected chi connectivity index (χ2v) is 10.8. The summed E-state index contributed by atoms with van der Waals surface area (Å²) >= 11 is 12.5. The van der Waals surface area contributed by atoms with Crippen LogP contribution < -0.4 is 10.1 Å². The molecule has 12 heteroatoms. The van der Waals surface area contributed by atoms with Crippen molar-refractivity contribution in [1.29, 1.82) is 0 Å². The van der Waals surface area contributed by atoms with E-state index in [2.05, 4.69) is 10.2 Å². The number of amides is 1. The van der Waals surface area contributed by atoms with E-state index in [-0.39, 0.29) is 36.7 Å². The summed E-state index contributed by atoms with van der Waals surface area (Å²) in [6, 6.07) is 0. The number of thioether (sulfide) groups is 1. The number of hydrogen-bond donors (Lipinski definition) is 1. The summed E-state index contributed by atoms with van der Waals surface area (Å²) in [5.74, 6) is 0.214. The SMILES string of the molecule is COc1c(C)c2c(c(NC(=O)C(F)(Cl)Cl)c1CC=C(C)CCC(=O)OCCN1CCSC1)C(=O)OC2. The fraction of sp³-hybridized carbons (Fsp3) is 0.542. The standard InChI is InChI=1S/C24H29Cl2FN2O6S/c1-14(5-7-18(30)34-10-8-29-9-11-36-13-29)4-6-16-20(28-23(32)24(25,26)27)19-17(12-35-22(19)31)15(2)21(16)33-3/h4H,5-13H2,1-3H3,(H,28,32). The van der Waals surface area contributed by atoms with Crippen LogP contribution in [0.1, 0.15) is 46.8 Å². The molecule has 1 amide bonds. The molecule has 2 aliphatic rings. The number of cyclic esters (lactones) is 1. The van der Waals surface area contributed by atoms with Crippen LogP contribution in [-0.2, 0) is 32.1 Å². The van der Waals surface area contributed by atoms with Crippen LogP contribution in [0.2, 0.25) is 0 Å². The summed E-state index contributed by atoms with van der Waals surface area (Å²) in [7, 11) is 1.46. The number of methoxy groups -OCH3 is 1. The van der Waals surface area contributed by atoms with Gasteiger partial charge in [-0.3, -0.25) is 14.5 Å². The van der Waals surface area contributed by atoms with Crippen LogP contribution in [0.3, 0.4) is 0 Å². The van der Waals surface area contributed by atoms with Gasteiger partial charge >= 0.3 is 16.5 Å². The fourth-order valence-corrected chi connectivity index (χ4v) is 5.17. The maximum Gasteiger partial charge on any atom is 0.341 e. The summed E-state index contributed by atoms with van der Waals surface area (Å²) in [6.07, 6.45) is 2.75. The van der Waals surface area contributed by atoms with Gasteiger partial charge in [0.2, 0.25) is 0 Å². The molecule has 1 N–H and O–H groups in total. The minimum Gasteiger partial charge on any atom is -0.496 e. The Morgan fingerprint density at radius 3 is 2.72 bits per heavy atom. The Morgan fingerprint density at radius 1 is 1.33 bits per heavy atom. The zero-order valence-electron chi connectivity index (χ0n) is 20.4. The van der Waals surface area contributed by atoms with Crippen LogP contribution in [0, 0.1) is 6.92 Å². The van der Waals surface area contributed by atoms with Crippen LogP contribution in [-0.4, -0.2) is 65.8 Å². The van der Waals surface area contributed by atoms with E-state index in [1.54, 1.807) is 6.92 Å². The minimum atomic E-state index is -3.20. The zero-order chi connectivity index (χ0) is 26.5. The minimum absolute atomic E-state index is 0.00436. The van der Waals surface area contributed by atoms with Gasteiger partial charge in [0.05, 0.1) is 18.4 Å². The molecule has 3 rings (SSSR count). The molecule has 1 aromatic rings. The first-order valence-electron chi connectivity index (χ1n) is 11.4. The highest BCUT2D eigenvalue weighted by atomic mass is 35.5. The molecule has 2 heterocycles. The number of anilines is 1. The third kappa shape index (κ3) is 7.06. The van der Waals surface area contributed by atoms with Crippen LogP contribution in [0.15, 0.2) is 11.6 Å². The number of carbonyl (C=O) groups is 3. The highest BCUT2D eigenvalue weighted by Gasteiger charge is 2.38. The number of ether oxygens (including phenoxy) is 3. The average Bonchev–Trinajstić information content (AvgIpc) is 3.47. The van der Waals surface area contributed by atoms with Crippen molar-refractivity contribution in [2.75, 3.05) is 43.8 Å². The summed E-state index contributed by atoms with van der Waals surface area (Å²) in [5, 5.41) is 2.34. The lowest BCUT2D eigenvalue weighted by Gasteiger charge is -2.20. The molecule has 198 valence electrons. The van der Waals surface area contributed by atoms with Crippen molar-refractivity contribution in [3.05, 3.63) is 33.9 Å². The molecule has 0 aromatic heterocycles. The third-order valence-electron chi connectivity index (χ3n) is 6.05. The normalized spacial score (nSPS) is 16.1.